The Hall–Kier alpha value is -1.40. The van der Waals surface area contributed by atoms with E-state index in [4.69, 9.17) is 0 Å². The van der Waals surface area contributed by atoms with Crippen molar-refractivity contribution in [3.05, 3.63) is 23.8 Å². The molecule has 4 rings (SSSR count). The molecular weight excluding hydrogens is 348 g/mol. The number of fused-ring (bicyclic) bond motifs is 2. The molecule has 3 atom stereocenters. The molecule has 2 saturated carbocycles. The van der Waals surface area contributed by atoms with E-state index < -0.39 is 10.0 Å². The van der Waals surface area contributed by atoms with Gasteiger partial charge in [0, 0.05) is 25.2 Å². The fraction of sp³-hybridized carbons (Fsp3) is 0.650. The molecule has 5 nitrogen and oxygen atoms in total. The SMILES string of the molecule is CC(=O)N1CCc2cc(S(=O)(=O)N[C@@H]3CC[C@H]4CCCC[C@H]4C3)ccc21. The van der Waals surface area contributed by atoms with Crippen molar-refractivity contribution >= 4 is 21.6 Å². The summed E-state index contributed by atoms with van der Waals surface area (Å²) >= 11 is 0. The van der Waals surface area contributed by atoms with Crippen molar-refractivity contribution in [2.75, 3.05) is 11.4 Å². The molecule has 1 N–H and O–H groups in total. The van der Waals surface area contributed by atoms with Crippen LogP contribution in [0.3, 0.4) is 0 Å². The average molecular weight is 377 g/mol. The highest BCUT2D eigenvalue weighted by Crippen LogP contribution is 2.40. The maximum Gasteiger partial charge on any atom is 0.240 e. The Morgan fingerprint density at radius 3 is 2.65 bits per heavy atom. The Morgan fingerprint density at radius 1 is 1.12 bits per heavy atom. The quantitative estimate of drug-likeness (QED) is 0.881. The summed E-state index contributed by atoms with van der Waals surface area (Å²) < 4.78 is 28.7. The van der Waals surface area contributed by atoms with E-state index in [2.05, 4.69) is 4.72 Å². The van der Waals surface area contributed by atoms with Crippen molar-refractivity contribution in [2.24, 2.45) is 11.8 Å². The standard InChI is InChI=1S/C20H28N2O3S/c1-14(23)22-11-10-17-13-19(8-9-20(17)22)26(24,25)21-18-7-6-15-4-2-3-5-16(15)12-18/h8-9,13,15-16,18,21H,2-7,10-12H2,1H3/t15-,16+,18-/m1/s1. The monoisotopic (exact) mass is 376 g/mol. The average Bonchev–Trinajstić information content (AvgIpc) is 3.05. The number of nitrogens with one attached hydrogen (secondary N) is 1. The Labute approximate surface area is 156 Å². The molecule has 0 spiro atoms. The summed E-state index contributed by atoms with van der Waals surface area (Å²) in [5.74, 6) is 1.50. The fourth-order valence-corrected chi connectivity index (χ4v) is 6.47. The van der Waals surface area contributed by atoms with Gasteiger partial charge in [-0.2, -0.15) is 0 Å². The smallest absolute Gasteiger partial charge is 0.240 e. The number of amides is 1. The van der Waals surface area contributed by atoms with E-state index >= 15 is 0 Å². The first-order chi connectivity index (χ1) is 12.4. The summed E-state index contributed by atoms with van der Waals surface area (Å²) in [5, 5.41) is 0. The zero-order valence-electron chi connectivity index (χ0n) is 15.4. The highest BCUT2D eigenvalue weighted by Gasteiger charge is 2.34. The Morgan fingerprint density at radius 2 is 1.88 bits per heavy atom. The van der Waals surface area contributed by atoms with Crippen LogP contribution < -0.4 is 9.62 Å². The van der Waals surface area contributed by atoms with Crippen LogP contribution in [0.2, 0.25) is 0 Å². The Kier molecular flexibility index (Phi) is 4.82. The molecule has 1 heterocycles. The molecule has 1 aromatic rings. The van der Waals surface area contributed by atoms with E-state index in [0.717, 1.165) is 36.4 Å². The van der Waals surface area contributed by atoms with Gasteiger partial charge in [0.1, 0.15) is 0 Å². The molecule has 0 saturated heterocycles. The van der Waals surface area contributed by atoms with Crippen molar-refractivity contribution in [1.29, 1.82) is 0 Å². The van der Waals surface area contributed by atoms with Gasteiger partial charge in [0.2, 0.25) is 15.9 Å². The van der Waals surface area contributed by atoms with E-state index in [9.17, 15) is 13.2 Å². The van der Waals surface area contributed by atoms with Crippen LogP contribution in [0.5, 0.6) is 0 Å². The van der Waals surface area contributed by atoms with Crippen molar-refractivity contribution in [3.63, 3.8) is 0 Å². The number of rotatable bonds is 3. The molecular formula is C20H28N2O3S. The van der Waals surface area contributed by atoms with E-state index in [1.807, 2.05) is 0 Å². The molecule has 2 aliphatic carbocycles. The largest absolute Gasteiger partial charge is 0.312 e. The molecule has 0 aromatic heterocycles. The number of carbonyl (C=O) groups excluding carboxylic acids is 1. The van der Waals surface area contributed by atoms with Crippen LogP contribution in [-0.2, 0) is 21.2 Å². The van der Waals surface area contributed by atoms with Crippen LogP contribution in [0.25, 0.3) is 0 Å². The second-order valence-corrected chi connectivity index (χ2v) is 9.86. The number of carbonyl (C=O) groups is 1. The van der Waals surface area contributed by atoms with Gasteiger partial charge in [0.25, 0.3) is 0 Å². The summed E-state index contributed by atoms with van der Waals surface area (Å²) in [6, 6.07) is 5.21. The summed E-state index contributed by atoms with van der Waals surface area (Å²) in [4.78, 5) is 13.7. The van der Waals surface area contributed by atoms with Gasteiger partial charge in [-0.15, -0.1) is 0 Å². The molecule has 6 heteroatoms. The van der Waals surface area contributed by atoms with Crippen LogP contribution >= 0.6 is 0 Å². The maximum absolute atomic E-state index is 12.9. The summed E-state index contributed by atoms with van der Waals surface area (Å²) in [6.07, 6.45) is 8.99. The number of sulfonamides is 1. The van der Waals surface area contributed by atoms with Crippen LogP contribution in [0.4, 0.5) is 5.69 Å². The minimum atomic E-state index is -3.51. The van der Waals surface area contributed by atoms with Crippen LogP contribution in [0.15, 0.2) is 23.1 Å². The highest BCUT2D eigenvalue weighted by molar-refractivity contribution is 7.89. The van der Waals surface area contributed by atoms with Gasteiger partial charge in [-0.1, -0.05) is 25.7 Å². The maximum atomic E-state index is 12.9. The van der Waals surface area contributed by atoms with Gasteiger partial charge >= 0.3 is 0 Å². The molecule has 0 bridgehead atoms. The molecule has 3 aliphatic rings. The number of hydrogen-bond donors (Lipinski definition) is 1. The molecule has 142 valence electrons. The van der Waals surface area contributed by atoms with Crippen molar-refractivity contribution in [3.8, 4) is 0 Å². The lowest BCUT2D eigenvalue weighted by atomic mass is 9.70. The van der Waals surface area contributed by atoms with Crippen molar-refractivity contribution in [2.45, 2.75) is 69.2 Å². The molecule has 0 unspecified atom stereocenters. The van der Waals surface area contributed by atoms with Crippen LogP contribution in [0, 0.1) is 11.8 Å². The molecule has 1 aromatic carbocycles. The molecule has 1 aliphatic heterocycles. The molecule has 0 radical (unpaired) electrons. The highest BCUT2D eigenvalue weighted by atomic mass is 32.2. The van der Waals surface area contributed by atoms with Crippen molar-refractivity contribution < 1.29 is 13.2 Å². The zero-order chi connectivity index (χ0) is 18.3. The molecule has 26 heavy (non-hydrogen) atoms. The first kappa shape index (κ1) is 18.0. The predicted octanol–water partition coefficient (Wildman–Crippen LogP) is 3.23. The topological polar surface area (TPSA) is 66.5 Å². The first-order valence-electron chi connectivity index (χ1n) is 9.87. The predicted molar refractivity (Wildman–Crippen MR) is 102 cm³/mol. The molecule has 2 fully saturated rings. The van der Waals surface area contributed by atoms with Crippen molar-refractivity contribution in [1.82, 2.24) is 4.72 Å². The minimum absolute atomic E-state index is 0.00160. The lowest BCUT2D eigenvalue weighted by Gasteiger charge is -2.39. The van der Waals surface area contributed by atoms with Gasteiger partial charge in [-0.25, -0.2) is 13.1 Å². The van der Waals surface area contributed by atoms with Crippen LogP contribution in [0.1, 0.15) is 57.4 Å². The van der Waals surface area contributed by atoms with Gasteiger partial charge in [0.05, 0.1) is 4.90 Å². The molecule has 1 amide bonds. The van der Waals surface area contributed by atoms with Crippen LogP contribution in [-0.4, -0.2) is 26.9 Å². The Balaban J connectivity index is 1.48. The first-order valence-corrected chi connectivity index (χ1v) is 11.4. The third-order valence-electron chi connectivity index (χ3n) is 6.50. The van der Waals surface area contributed by atoms with E-state index in [1.54, 1.807) is 30.0 Å². The lowest BCUT2D eigenvalue weighted by Crippen LogP contribution is -2.41. The number of nitrogens with zero attached hydrogens (tertiary/aromatic N) is 1. The van der Waals surface area contributed by atoms with Gasteiger partial charge in [-0.05, 0) is 61.3 Å². The number of anilines is 1. The lowest BCUT2D eigenvalue weighted by molar-refractivity contribution is -0.116. The second-order valence-electron chi connectivity index (χ2n) is 8.15. The van der Waals surface area contributed by atoms with Gasteiger partial charge < -0.3 is 4.90 Å². The number of benzene rings is 1. The van der Waals surface area contributed by atoms with E-state index in [0.29, 0.717) is 23.8 Å². The Bertz CT molecular complexity index is 805. The second kappa shape index (κ2) is 6.97. The normalized spacial score (nSPS) is 28.5. The van der Waals surface area contributed by atoms with Gasteiger partial charge in [-0.3, -0.25) is 4.79 Å². The van der Waals surface area contributed by atoms with E-state index in [-0.39, 0.29) is 11.9 Å². The minimum Gasteiger partial charge on any atom is -0.312 e. The van der Waals surface area contributed by atoms with Gasteiger partial charge in [0.15, 0.2) is 0 Å². The third-order valence-corrected chi connectivity index (χ3v) is 8.02. The van der Waals surface area contributed by atoms with E-state index in [1.165, 1.54) is 25.7 Å². The fourth-order valence-electron chi connectivity index (χ4n) is 5.14. The zero-order valence-corrected chi connectivity index (χ0v) is 16.2. The summed E-state index contributed by atoms with van der Waals surface area (Å²) in [6.45, 7) is 2.18. The number of hydrogen-bond acceptors (Lipinski definition) is 3. The third kappa shape index (κ3) is 3.41. The summed E-state index contributed by atoms with van der Waals surface area (Å²) in [5.41, 5.74) is 1.79. The summed E-state index contributed by atoms with van der Waals surface area (Å²) in [7, 11) is -3.51.